The van der Waals surface area contributed by atoms with Gasteiger partial charge in [-0.1, -0.05) is 23.2 Å². The van der Waals surface area contributed by atoms with Crippen molar-refractivity contribution < 1.29 is 9.53 Å². The van der Waals surface area contributed by atoms with Crippen LogP contribution in [0.2, 0.25) is 10.0 Å². The molecule has 5 heteroatoms. The molecule has 0 aromatic heterocycles. The van der Waals surface area contributed by atoms with E-state index >= 15 is 0 Å². The number of nitrogens with two attached hydrogens (primary N) is 1. The summed E-state index contributed by atoms with van der Waals surface area (Å²) in [5.74, 6) is -0.524. The van der Waals surface area contributed by atoms with Gasteiger partial charge >= 0.3 is 5.97 Å². The fraction of sp³-hybridized carbons (Fsp3) is 0.222. The van der Waals surface area contributed by atoms with E-state index in [0.717, 1.165) is 0 Å². The molecule has 14 heavy (non-hydrogen) atoms. The van der Waals surface area contributed by atoms with Crippen molar-refractivity contribution in [2.45, 2.75) is 6.92 Å². The predicted molar refractivity (Wildman–Crippen MR) is 57.0 cm³/mol. The minimum absolute atomic E-state index is 0.236. The maximum Gasteiger partial charge on any atom is 0.340 e. The normalized spacial score (nSPS) is 10.0. The monoisotopic (exact) mass is 233 g/mol. The van der Waals surface area contributed by atoms with E-state index in [1.54, 1.807) is 6.92 Å². The van der Waals surface area contributed by atoms with Gasteiger partial charge in [-0.15, -0.1) is 0 Å². The third-order valence-corrected chi connectivity index (χ3v) is 2.79. The average molecular weight is 234 g/mol. The molecule has 0 saturated heterocycles. The maximum atomic E-state index is 11.2. The fourth-order valence-electron chi connectivity index (χ4n) is 1.05. The molecule has 0 amide bonds. The summed E-state index contributed by atoms with van der Waals surface area (Å²) in [7, 11) is 1.28. The number of carbonyl (C=O) groups excluding carboxylic acids is 1. The number of anilines is 1. The van der Waals surface area contributed by atoms with Crippen molar-refractivity contribution in [3.63, 3.8) is 0 Å². The molecule has 0 fully saturated rings. The van der Waals surface area contributed by atoms with Crippen LogP contribution >= 0.6 is 23.2 Å². The van der Waals surface area contributed by atoms with Gasteiger partial charge in [0.05, 0.1) is 28.4 Å². The van der Waals surface area contributed by atoms with Crippen molar-refractivity contribution in [3.8, 4) is 0 Å². The van der Waals surface area contributed by atoms with Crippen molar-refractivity contribution >= 4 is 34.9 Å². The summed E-state index contributed by atoms with van der Waals surface area (Å²) in [6.07, 6.45) is 0. The number of benzene rings is 1. The van der Waals surface area contributed by atoms with E-state index in [0.29, 0.717) is 21.3 Å². The van der Waals surface area contributed by atoms with Gasteiger partial charge < -0.3 is 10.5 Å². The molecule has 0 unspecified atom stereocenters. The van der Waals surface area contributed by atoms with E-state index in [1.165, 1.54) is 13.2 Å². The number of ether oxygens (including phenoxy) is 1. The van der Waals surface area contributed by atoms with Gasteiger partial charge in [-0.05, 0) is 18.6 Å². The summed E-state index contributed by atoms with van der Waals surface area (Å²) < 4.78 is 4.55. The van der Waals surface area contributed by atoms with Crippen LogP contribution in [0, 0.1) is 6.92 Å². The average Bonchev–Trinajstić information content (AvgIpc) is 2.19. The van der Waals surface area contributed by atoms with Crippen LogP contribution in [-0.2, 0) is 4.74 Å². The lowest BCUT2D eigenvalue weighted by Gasteiger charge is -2.09. The minimum Gasteiger partial charge on any atom is -0.465 e. The second kappa shape index (κ2) is 4.07. The van der Waals surface area contributed by atoms with E-state index < -0.39 is 5.97 Å². The van der Waals surface area contributed by atoms with Gasteiger partial charge in [-0.2, -0.15) is 0 Å². The first kappa shape index (κ1) is 11.1. The summed E-state index contributed by atoms with van der Waals surface area (Å²) >= 11 is 11.6. The molecule has 0 aliphatic rings. The zero-order valence-electron chi connectivity index (χ0n) is 7.73. The van der Waals surface area contributed by atoms with E-state index in [2.05, 4.69) is 4.74 Å². The van der Waals surface area contributed by atoms with Crippen LogP contribution in [-0.4, -0.2) is 13.1 Å². The molecular formula is C9H9Cl2NO2. The molecule has 0 radical (unpaired) electrons. The second-order valence-corrected chi connectivity index (χ2v) is 3.54. The SMILES string of the molecule is COC(=O)c1cc(Cl)c(Cl)c(C)c1N. The van der Waals surface area contributed by atoms with Crippen LogP contribution in [0.4, 0.5) is 5.69 Å². The molecule has 0 saturated carbocycles. The van der Waals surface area contributed by atoms with Gasteiger partial charge in [0.25, 0.3) is 0 Å². The van der Waals surface area contributed by atoms with Crippen LogP contribution in [0.15, 0.2) is 6.07 Å². The lowest BCUT2D eigenvalue weighted by molar-refractivity contribution is 0.0602. The van der Waals surface area contributed by atoms with Gasteiger partial charge in [0, 0.05) is 0 Å². The number of halogens is 2. The smallest absolute Gasteiger partial charge is 0.340 e. The molecule has 0 heterocycles. The number of hydrogen-bond acceptors (Lipinski definition) is 3. The molecular weight excluding hydrogens is 225 g/mol. The standard InChI is InChI=1S/C9H9Cl2NO2/c1-4-7(11)6(10)3-5(8(4)12)9(13)14-2/h3H,12H2,1-2H3. The molecule has 1 rings (SSSR count). The Morgan fingerprint density at radius 2 is 2.07 bits per heavy atom. The Balaban J connectivity index is 3.40. The van der Waals surface area contributed by atoms with Crippen LogP contribution in [0.25, 0.3) is 0 Å². The van der Waals surface area contributed by atoms with Crippen molar-refractivity contribution in [3.05, 3.63) is 27.2 Å². The molecule has 0 aliphatic carbocycles. The van der Waals surface area contributed by atoms with E-state index in [4.69, 9.17) is 28.9 Å². The first-order valence-electron chi connectivity index (χ1n) is 3.81. The fourth-order valence-corrected chi connectivity index (χ4v) is 1.45. The Labute approximate surface area is 91.7 Å². The topological polar surface area (TPSA) is 52.3 Å². The van der Waals surface area contributed by atoms with Crippen LogP contribution in [0.3, 0.4) is 0 Å². The van der Waals surface area contributed by atoms with Gasteiger partial charge in [0.1, 0.15) is 0 Å². The predicted octanol–water partition coefficient (Wildman–Crippen LogP) is 2.67. The summed E-state index contributed by atoms with van der Waals surface area (Å²) in [5, 5.41) is 0.649. The zero-order valence-corrected chi connectivity index (χ0v) is 9.24. The van der Waals surface area contributed by atoms with E-state index in [-0.39, 0.29) is 5.56 Å². The lowest BCUT2D eigenvalue weighted by atomic mass is 10.1. The number of carbonyl (C=O) groups is 1. The molecule has 0 aliphatic heterocycles. The van der Waals surface area contributed by atoms with Gasteiger partial charge in [-0.3, -0.25) is 0 Å². The van der Waals surface area contributed by atoms with Crippen molar-refractivity contribution in [1.82, 2.24) is 0 Å². The third-order valence-electron chi connectivity index (χ3n) is 1.91. The summed E-state index contributed by atoms with van der Waals surface area (Å²) in [6, 6.07) is 1.40. The van der Waals surface area contributed by atoms with Crippen molar-refractivity contribution in [2.24, 2.45) is 0 Å². The largest absolute Gasteiger partial charge is 0.465 e. The van der Waals surface area contributed by atoms with Crippen LogP contribution in [0.5, 0.6) is 0 Å². The van der Waals surface area contributed by atoms with Gasteiger partial charge in [0.15, 0.2) is 0 Å². The molecule has 0 atom stereocenters. The van der Waals surface area contributed by atoms with E-state index in [9.17, 15) is 4.79 Å². The third kappa shape index (κ3) is 1.79. The number of nitrogen functional groups attached to an aromatic ring is 1. The number of rotatable bonds is 1. The molecule has 2 N–H and O–H groups in total. The Bertz CT molecular complexity index is 391. The van der Waals surface area contributed by atoms with Crippen molar-refractivity contribution in [2.75, 3.05) is 12.8 Å². The van der Waals surface area contributed by atoms with Crippen LogP contribution in [0.1, 0.15) is 15.9 Å². The molecule has 1 aromatic rings. The summed E-state index contributed by atoms with van der Waals surface area (Å²) in [6.45, 7) is 1.69. The number of methoxy groups -OCH3 is 1. The number of hydrogen-bond donors (Lipinski definition) is 1. The number of esters is 1. The summed E-state index contributed by atoms with van der Waals surface area (Å²) in [4.78, 5) is 11.2. The van der Waals surface area contributed by atoms with Crippen LogP contribution < -0.4 is 5.73 Å². The first-order valence-corrected chi connectivity index (χ1v) is 4.57. The Morgan fingerprint density at radius 3 is 2.57 bits per heavy atom. The highest BCUT2D eigenvalue weighted by atomic mass is 35.5. The van der Waals surface area contributed by atoms with E-state index in [1.807, 2.05) is 0 Å². The van der Waals surface area contributed by atoms with Crippen molar-refractivity contribution in [1.29, 1.82) is 0 Å². The minimum atomic E-state index is -0.524. The van der Waals surface area contributed by atoms with Gasteiger partial charge in [0.2, 0.25) is 0 Å². The summed E-state index contributed by atoms with van der Waals surface area (Å²) in [5.41, 5.74) is 6.80. The highest BCUT2D eigenvalue weighted by Crippen LogP contribution is 2.32. The lowest BCUT2D eigenvalue weighted by Crippen LogP contribution is -2.07. The Hall–Kier alpha value is -0.930. The molecule has 0 spiro atoms. The zero-order chi connectivity index (χ0) is 10.9. The Morgan fingerprint density at radius 1 is 1.50 bits per heavy atom. The Kier molecular flexibility index (Phi) is 3.24. The molecule has 76 valence electrons. The quantitative estimate of drug-likeness (QED) is 0.600. The molecule has 0 bridgehead atoms. The highest BCUT2D eigenvalue weighted by molar-refractivity contribution is 6.43. The van der Waals surface area contributed by atoms with Gasteiger partial charge in [-0.25, -0.2) is 4.79 Å². The molecule has 1 aromatic carbocycles. The second-order valence-electron chi connectivity index (χ2n) is 2.75. The molecule has 3 nitrogen and oxygen atoms in total. The first-order chi connectivity index (χ1) is 6.49. The highest BCUT2D eigenvalue weighted by Gasteiger charge is 2.16. The maximum absolute atomic E-state index is 11.2.